The number of esters is 3. The van der Waals surface area contributed by atoms with Gasteiger partial charge in [0.15, 0.2) is 24.6 Å². The van der Waals surface area contributed by atoms with Crippen LogP contribution in [0.1, 0.15) is 226 Å². The fourth-order valence-electron chi connectivity index (χ4n) is 7.97. The minimum atomic E-state index is -1.92. The molecular weight excluding hydrogens is 901 g/mol. The van der Waals surface area contributed by atoms with Gasteiger partial charge in [-0.3, -0.25) is 14.4 Å². The van der Waals surface area contributed by atoms with Crippen molar-refractivity contribution < 1.29 is 58.2 Å². The standard InChI is InChI=1S/C59H98O12/c1-4-7-10-13-16-19-22-24-25-26-27-29-32-35-38-41-44-47-53(62)70-57-55(64)54(63)56(58(65)66)71-59(57)68-49-50(69-52(61)46-43-40-37-34-30-21-18-15-12-9-6-3)48-67-51(60)45-42-39-36-33-31-28-23-20-17-14-11-8-5-2/h7,10,15-16,18-19,24-25,27,29,35,38,50,54-57,59,63-64H,4-6,8-9,11-14,17,20-23,26,28,30-34,36-37,39-49H2,1-3H3,(H,65,66)/b10-7-,18-15-,19-16-,25-24-,29-27-,38-35-. The summed E-state index contributed by atoms with van der Waals surface area (Å²) >= 11 is 0. The number of aliphatic hydroxyl groups is 2. The lowest BCUT2D eigenvalue weighted by Gasteiger charge is -2.40. The zero-order chi connectivity index (χ0) is 51.8. The lowest BCUT2D eigenvalue weighted by atomic mass is 9.98. The van der Waals surface area contributed by atoms with Crippen molar-refractivity contribution in [3.8, 4) is 0 Å². The van der Waals surface area contributed by atoms with Gasteiger partial charge in [0.1, 0.15) is 18.8 Å². The molecular formula is C59H98O12. The molecule has 0 radical (unpaired) electrons. The number of carbonyl (C=O) groups excluding carboxylic acids is 3. The van der Waals surface area contributed by atoms with E-state index in [1.165, 1.54) is 70.6 Å². The molecule has 0 aromatic heterocycles. The van der Waals surface area contributed by atoms with Crippen LogP contribution >= 0.6 is 0 Å². The first-order valence-electron chi connectivity index (χ1n) is 27.9. The number of aliphatic hydroxyl groups excluding tert-OH is 2. The summed E-state index contributed by atoms with van der Waals surface area (Å²) in [7, 11) is 0. The summed E-state index contributed by atoms with van der Waals surface area (Å²) in [6.07, 6.45) is 46.0. The highest BCUT2D eigenvalue weighted by Gasteiger charge is 2.50. The van der Waals surface area contributed by atoms with Gasteiger partial charge in [0.25, 0.3) is 0 Å². The number of rotatable bonds is 46. The van der Waals surface area contributed by atoms with Gasteiger partial charge >= 0.3 is 23.9 Å². The maximum Gasteiger partial charge on any atom is 0.335 e. The summed E-state index contributed by atoms with van der Waals surface area (Å²) in [6.45, 7) is 5.79. The largest absolute Gasteiger partial charge is 0.479 e. The van der Waals surface area contributed by atoms with Gasteiger partial charge < -0.3 is 39.0 Å². The van der Waals surface area contributed by atoms with Crippen LogP contribution in [0.25, 0.3) is 0 Å². The third kappa shape index (κ3) is 37.6. The number of allylic oxidation sites excluding steroid dienone is 12. The normalized spacial score (nSPS) is 19.0. The van der Waals surface area contributed by atoms with E-state index >= 15 is 0 Å². The number of hydrogen-bond donors (Lipinski definition) is 3. The van der Waals surface area contributed by atoms with Crippen LogP contribution in [0.2, 0.25) is 0 Å². The van der Waals surface area contributed by atoms with Crippen molar-refractivity contribution in [2.24, 2.45) is 0 Å². The summed E-state index contributed by atoms with van der Waals surface area (Å²) in [6, 6.07) is 0. The Kier molecular flexibility index (Phi) is 43.3. The summed E-state index contributed by atoms with van der Waals surface area (Å²) in [5, 5.41) is 31.4. The predicted octanol–water partition coefficient (Wildman–Crippen LogP) is 13.8. The summed E-state index contributed by atoms with van der Waals surface area (Å²) in [4.78, 5) is 50.9. The molecule has 1 heterocycles. The molecule has 0 bridgehead atoms. The molecule has 12 heteroatoms. The summed E-state index contributed by atoms with van der Waals surface area (Å²) in [5.74, 6) is -3.21. The van der Waals surface area contributed by atoms with Crippen LogP contribution in [0.4, 0.5) is 0 Å². The van der Waals surface area contributed by atoms with Crippen molar-refractivity contribution in [1.29, 1.82) is 0 Å². The van der Waals surface area contributed by atoms with E-state index in [9.17, 15) is 34.5 Å². The van der Waals surface area contributed by atoms with Crippen molar-refractivity contribution in [2.45, 2.75) is 263 Å². The maximum atomic E-state index is 13.1. The van der Waals surface area contributed by atoms with Gasteiger partial charge in [-0.25, -0.2) is 4.79 Å². The maximum absolute atomic E-state index is 13.1. The molecule has 1 aliphatic heterocycles. The van der Waals surface area contributed by atoms with E-state index in [4.69, 9.17) is 23.7 Å². The van der Waals surface area contributed by atoms with Gasteiger partial charge in [0.05, 0.1) is 6.61 Å². The third-order valence-corrected chi connectivity index (χ3v) is 12.3. The zero-order valence-electron chi connectivity index (χ0n) is 44.4. The molecule has 0 saturated carbocycles. The minimum absolute atomic E-state index is 0.0196. The van der Waals surface area contributed by atoms with Crippen molar-refractivity contribution in [3.05, 3.63) is 72.9 Å². The predicted molar refractivity (Wildman–Crippen MR) is 285 cm³/mol. The summed E-state index contributed by atoms with van der Waals surface area (Å²) < 4.78 is 28.3. The second kappa shape index (κ2) is 47.2. The number of hydrogen-bond acceptors (Lipinski definition) is 11. The molecule has 0 aliphatic carbocycles. The monoisotopic (exact) mass is 999 g/mol. The van der Waals surface area contributed by atoms with Crippen LogP contribution in [-0.2, 0) is 42.9 Å². The minimum Gasteiger partial charge on any atom is -0.479 e. The third-order valence-electron chi connectivity index (χ3n) is 12.3. The molecule has 0 spiro atoms. The van der Waals surface area contributed by atoms with E-state index < -0.39 is 67.3 Å². The van der Waals surface area contributed by atoms with E-state index in [0.717, 1.165) is 89.9 Å². The van der Waals surface area contributed by atoms with Crippen molar-refractivity contribution in [2.75, 3.05) is 13.2 Å². The van der Waals surface area contributed by atoms with Gasteiger partial charge in [-0.15, -0.1) is 0 Å². The Balaban J connectivity index is 2.74. The van der Waals surface area contributed by atoms with Crippen LogP contribution in [0, 0.1) is 0 Å². The van der Waals surface area contributed by atoms with E-state index in [1.807, 2.05) is 12.2 Å². The molecule has 0 aromatic carbocycles. The Labute approximate surface area is 429 Å². The van der Waals surface area contributed by atoms with Gasteiger partial charge in [0.2, 0.25) is 0 Å². The SMILES string of the molecule is CC/C=C\C/C=C\C/C=C\C/C=C\C/C=C\CCCC(=O)OC1C(OCC(COC(=O)CCCCCCCCCCCCCCC)OC(=O)CCCCCCC/C=C\CCCC)OC(C(=O)O)C(O)C1O. The van der Waals surface area contributed by atoms with Gasteiger partial charge in [-0.05, 0) is 77.0 Å². The first kappa shape index (κ1) is 65.2. The molecule has 6 unspecified atom stereocenters. The molecule has 12 nitrogen and oxygen atoms in total. The van der Waals surface area contributed by atoms with E-state index in [0.29, 0.717) is 25.7 Å². The van der Waals surface area contributed by atoms with Gasteiger partial charge in [-0.1, -0.05) is 203 Å². The molecule has 406 valence electrons. The van der Waals surface area contributed by atoms with Crippen molar-refractivity contribution in [1.82, 2.24) is 0 Å². The van der Waals surface area contributed by atoms with Crippen molar-refractivity contribution >= 4 is 23.9 Å². The van der Waals surface area contributed by atoms with E-state index in [1.54, 1.807) is 0 Å². The first-order chi connectivity index (χ1) is 34.6. The highest BCUT2D eigenvalue weighted by molar-refractivity contribution is 5.74. The fraction of sp³-hybridized carbons (Fsp3) is 0.729. The molecule has 1 fully saturated rings. The number of carbonyl (C=O) groups is 4. The number of carboxylic acid groups (broad SMARTS) is 1. The lowest BCUT2D eigenvalue weighted by Crippen LogP contribution is -2.61. The van der Waals surface area contributed by atoms with Gasteiger partial charge in [0, 0.05) is 19.3 Å². The molecule has 1 aliphatic rings. The molecule has 3 N–H and O–H groups in total. The highest BCUT2D eigenvalue weighted by Crippen LogP contribution is 2.26. The zero-order valence-corrected chi connectivity index (χ0v) is 44.4. The Morgan fingerprint density at radius 3 is 1.45 bits per heavy atom. The number of carboxylic acids is 1. The van der Waals surface area contributed by atoms with E-state index in [2.05, 4.69) is 81.5 Å². The fourth-order valence-corrected chi connectivity index (χ4v) is 7.97. The van der Waals surface area contributed by atoms with E-state index in [-0.39, 0.29) is 25.9 Å². The van der Waals surface area contributed by atoms with Crippen LogP contribution < -0.4 is 0 Å². The van der Waals surface area contributed by atoms with Crippen molar-refractivity contribution in [3.63, 3.8) is 0 Å². The quantitative estimate of drug-likeness (QED) is 0.0228. The lowest BCUT2D eigenvalue weighted by molar-refractivity contribution is -0.301. The van der Waals surface area contributed by atoms with Gasteiger partial charge in [-0.2, -0.15) is 0 Å². The number of ether oxygens (including phenoxy) is 5. The Hall–Kier alpha value is -3.84. The average Bonchev–Trinajstić information content (AvgIpc) is 3.35. The van der Waals surface area contributed by atoms with Crippen LogP contribution in [0.3, 0.4) is 0 Å². The average molecular weight is 999 g/mol. The molecule has 1 saturated heterocycles. The Bertz CT molecular complexity index is 1510. The second-order valence-corrected chi connectivity index (χ2v) is 18.8. The topological polar surface area (TPSA) is 175 Å². The highest BCUT2D eigenvalue weighted by atomic mass is 16.7. The Morgan fingerprint density at radius 1 is 0.479 bits per heavy atom. The second-order valence-electron chi connectivity index (χ2n) is 18.8. The molecule has 0 amide bonds. The molecule has 71 heavy (non-hydrogen) atoms. The first-order valence-corrected chi connectivity index (χ1v) is 27.9. The molecule has 1 rings (SSSR count). The Morgan fingerprint density at radius 2 is 0.915 bits per heavy atom. The summed E-state index contributed by atoms with van der Waals surface area (Å²) in [5.41, 5.74) is 0. The smallest absolute Gasteiger partial charge is 0.335 e. The molecule has 0 aromatic rings. The van der Waals surface area contributed by atoms with Crippen LogP contribution in [0.15, 0.2) is 72.9 Å². The molecule has 6 atom stereocenters. The number of aliphatic carboxylic acids is 1. The number of unbranched alkanes of at least 4 members (excludes halogenated alkanes) is 20. The van der Waals surface area contributed by atoms with Crippen LogP contribution in [-0.4, -0.2) is 89.2 Å². The van der Waals surface area contributed by atoms with Crippen LogP contribution in [0.5, 0.6) is 0 Å².